The van der Waals surface area contributed by atoms with Crippen molar-refractivity contribution in [1.82, 2.24) is 0 Å². The van der Waals surface area contributed by atoms with Gasteiger partial charge in [0, 0.05) is 18.4 Å². The van der Waals surface area contributed by atoms with E-state index < -0.39 is 11.9 Å². The number of carboxylic acids is 2. The quantitative estimate of drug-likeness (QED) is 0.489. The van der Waals surface area contributed by atoms with E-state index in [2.05, 4.69) is 30.4 Å². The highest BCUT2D eigenvalue weighted by Gasteiger charge is 2.10. The fourth-order valence-electron chi connectivity index (χ4n) is 2.46. The molecule has 0 aromatic heterocycles. The molecular formula is C21H26FNO5. The maximum Gasteiger partial charge on any atom is 0.351 e. The number of nitrogens with two attached hydrogens (primary N) is 1. The third-order valence-electron chi connectivity index (χ3n) is 3.83. The molecule has 2 rings (SSSR count). The molecule has 0 fully saturated rings. The van der Waals surface area contributed by atoms with Gasteiger partial charge in [-0.1, -0.05) is 48.5 Å². The van der Waals surface area contributed by atoms with Crippen LogP contribution in [0, 0.1) is 0 Å². The van der Waals surface area contributed by atoms with Gasteiger partial charge in [-0.2, -0.15) is 0 Å². The second-order valence-corrected chi connectivity index (χ2v) is 6.22. The summed E-state index contributed by atoms with van der Waals surface area (Å²) in [6, 6.07) is 18.8. The van der Waals surface area contributed by atoms with Gasteiger partial charge in [-0.05, 0) is 18.6 Å². The van der Waals surface area contributed by atoms with Crippen molar-refractivity contribution in [2.24, 2.45) is 0 Å². The van der Waals surface area contributed by atoms with Crippen LogP contribution in [0.15, 0.2) is 54.6 Å². The van der Waals surface area contributed by atoms with Crippen LogP contribution in [0.5, 0.6) is 5.75 Å². The lowest BCUT2D eigenvalue weighted by Gasteiger charge is -2.14. The molecule has 152 valence electrons. The molecule has 1 unspecified atom stereocenters. The van der Waals surface area contributed by atoms with Gasteiger partial charge in [-0.25, -0.2) is 4.79 Å². The fraction of sp³-hybridized carbons (Fsp3) is 0.333. The van der Waals surface area contributed by atoms with E-state index in [1.165, 1.54) is 11.1 Å². The molecule has 0 saturated carbocycles. The number of ether oxygens (including phenoxy) is 1. The molecule has 2 aromatic carbocycles. The largest absolute Gasteiger partial charge is 0.539 e. The SMILES string of the molecule is CC(Cc1ccccc1OCc1ccccc1)[NH2+]CCCF.O=C([O-])C(=O)O. The monoisotopic (exact) mass is 391 g/mol. The van der Waals surface area contributed by atoms with Crippen molar-refractivity contribution in [3.05, 3.63) is 65.7 Å². The van der Waals surface area contributed by atoms with Crippen LogP contribution >= 0.6 is 0 Å². The Balaban J connectivity index is 0.000000568. The Bertz CT molecular complexity index is 712. The summed E-state index contributed by atoms with van der Waals surface area (Å²) >= 11 is 0. The van der Waals surface area contributed by atoms with E-state index in [-0.39, 0.29) is 6.67 Å². The topological polar surface area (TPSA) is 103 Å². The third kappa shape index (κ3) is 9.68. The molecule has 7 heteroatoms. The number of carboxylic acid groups (broad SMARTS) is 2. The third-order valence-corrected chi connectivity index (χ3v) is 3.83. The van der Waals surface area contributed by atoms with E-state index in [1.807, 2.05) is 36.4 Å². The summed E-state index contributed by atoms with van der Waals surface area (Å²) in [6.07, 6.45) is 1.55. The van der Waals surface area contributed by atoms with Gasteiger partial charge in [0.05, 0.1) is 19.3 Å². The molecule has 0 aliphatic rings. The lowest BCUT2D eigenvalue weighted by atomic mass is 10.1. The van der Waals surface area contributed by atoms with E-state index in [1.54, 1.807) is 0 Å². The molecule has 2 aromatic rings. The molecule has 0 aliphatic carbocycles. The van der Waals surface area contributed by atoms with Gasteiger partial charge < -0.3 is 25.1 Å². The number of carbonyl (C=O) groups excluding carboxylic acids is 1. The Labute approximate surface area is 164 Å². The molecule has 0 spiro atoms. The number of halogens is 1. The van der Waals surface area contributed by atoms with Gasteiger partial charge in [-0.3, -0.25) is 4.39 Å². The molecule has 0 heterocycles. The van der Waals surface area contributed by atoms with Crippen LogP contribution in [-0.4, -0.2) is 36.3 Å². The number of quaternary nitrogens is 1. The van der Waals surface area contributed by atoms with Crippen molar-refractivity contribution in [3.63, 3.8) is 0 Å². The second-order valence-electron chi connectivity index (χ2n) is 6.22. The molecule has 6 nitrogen and oxygen atoms in total. The highest BCUT2D eigenvalue weighted by atomic mass is 19.1. The number of para-hydroxylation sites is 1. The average molecular weight is 391 g/mol. The van der Waals surface area contributed by atoms with Gasteiger partial charge >= 0.3 is 5.97 Å². The molecule has 0 radical (unpaired) electrons. The minimum atomic E-state index is -2.07. The Kier molecular flexibility index (Phi) is 11.0. The predicted molar refractivity (Wildman–Crippen MR) is 100 cm³/mol. The molecule has 3 N–H and O–H groups in total. The van der Waals surface area contributed by atoms with E-state index in [9.17, 15) is 4.39 Å². The van der Waals surface area contributed by atoms with E-state index >= 15 is 0 Å². The first-order valence-electron chi connectivity index (χ1n) is 9.02. The predicted octanol–water partition coefficient (Wildman–Crippen LogP) is 0.941. The highest BCUT2D eigenvalue weighted by Crippen LogP contribution is 2.20. The minimum absolute atomic E-state index is 0.236. The molecule has 28 heavy (non-hydrogen) atoms. The van der Waals surface area contributed by atoms with Crippen molar-refractivity contribution >= 4 is 11.9 Å². The number of carbonyl (C=O) groups is 2. The minimum Gasteiger partial charge on any atom is -0.539 e. The standard InChI is InChI=1S/C19H24FNO.C2H2O4/c1-16(21-13-7-12-20)14-18-10-5-6-11-19(18)22-15-17-8-3-2-4-9-17;3-1(4)2(5)6/h2-6,8-11,16,21H,7,12-15H2,1H3;(H,3,4)(H,5,6). The van der Waals surface area contributed by atoms with Crippen molar-refractivity contribution in [3.8, 4) is 5.75 Å². The van der Waals surface area contributed by atoms with Gasteiger partial charge in [0.2, 0.25) is 0 Å². The first-order chi connectivity index (χ1) is 13.4. The van der Waals surface area contributed by atoms with Gasteiger partial charge in [-0.15, -0.1) is 0 Å². The highest BCUT2D eigenvalue weighted by molar-refractivity contribution is 6.26. The number of alkyl halides is 1. The number of aliphatic carboxylic acids is 2. The van der Waals surface area contributed by atoms with Crippen LogP contribution in [0.2, 0.25) is 0 Å². The molecule has 1 atom stereocenters. The summed E-state index contributed by atoms with van der Waals surface area (Å²) in [5.74, 6) is -3.07. The van der Waals surface area contributed by atoms with Crippen LogP contribution in [0.3, 0.4) is 0 Å². The van der Waals surface area contributed by atoms with Gasteiger partial charge in [0.15, 0.2) is 5.97 Å². The Morgan fingerprint density at radius 2 is 1.75 bits per heavy atom. The number of rotatable bonds is 9. The lowest BCUT2D eigenvalue weighted by molar-refractivity contribution is -0.686. The zero-order valence-corrected chi connectivity index (χ0v) is 15.8. The Morgan fingerprint density at radius 3 is 2.36 bits per heavy atom. The molecule has 0 saturated heterocycles. The summed E-state index contributed by atoms with van der Waals surface area (Å²) in [6.45, 7) is 3.36. The van der Waals surface area contributed by atoms with E-state index in [0.29, 0.717) is 19.1 Å². The smallest absolute Gasteiger partial charge is 0.351 e. The number of hydrogen-bond donors (Lipinski definition) is 2. The van der Waals surface area contributed by atoms with Gasteiger partial charge in [0.25, 0.3) is 0 Å². The zero-order chi connectivity index (χ0) is 20.8. The van der Waals surface area contributed by atoms with Crippen LogP contribution in [-0.2, 0) is 22.6 Å². The number of hydrogen-bond acceptors (Lipinski definition) is 4. The average Bonchev–Trinajstić information content (AvgIpc) is 2.69. The van der Waals surface area contributed by atoms with Gasteiger partial charge in [0.1, 0.15) is 12.4 Å². The molecular weight excluding hydrogens is 365 g/mol. The van der Waals surface area contributed by atoms with Crippen LogP contribution in [0.25, 0.3) is 0 Å². The van der Waals surface area contributed by atoms with Crippen molar-refractivity contribution in [2.75, 3.05) is 13.2 Å². The fourth-order valence-corrected chi connectivity index (χ4v) is 2.46. The summed E-state index contributed by atoms with van der Waals surface area (Å²) in [5, 5.41) is 18.5. The summed E-state index contributed by atoms with van der Waals surface area (Å²) in [7, 11) is 0. The normalized spacial score (nSPS) is 11.1. The maximum absolute atomic E-state index is 12.2. The Morgan fingerprint density at radius 1 is 1.14 bits per heavy atom. The summed E-state index contributed by atoms with van der Waals surface area (Å²) in [5.41, 5.74) is 2.38. The zero-order valence-electron chi connectivity index (χ0n) is 15.8. The molecule has 0 amide bonds. The van der Waals surface area contributed by atoms with E-state index in [4.69, 9.17) is 24.5 Å². The summed E-state index contributed by atoms with van der Waals surface area (Å²) < 4.78 is 18.1. The first kappa shape index (κ1) is 23.1. The second kappa shape index (κ2) is 13.3. The van der Waals surface area contributed by atoms with Crippen LogP contribution in [0.1, 0.15) is 24.5 Å². The molecule has 0 aliphatic heterocycles. The van der Waals surface area contributed by atoms with Crippen molar-refractivity contribution < 1.29 is 34.2 Å². The lowest BCUT2D eigenvalue weighted by Crippen LogP contribution is -2.89. The van der Waals surface area contributed by atoms with E-state index in [0.717, 1.165) is 18.7 Å². The van der Waals surface area contributed by atoms with Crippen LogP contribution in [0.4, 0.5) is 4.39 Å². The van der Waals surface area contributed by atoms with Crippen molar-refractivity contribution in [1.29, 1.82) is 0 Å². The van der Waals surface area contributed by atoms with Crippen molar-refractivity contribution in [2.45, 2.75) is 32.4 Å². The first-order valence-corrected chi connectivity index (χ1v) is 9.02. The Hall–Kier alpha value is -2.93. The maximum atomic E-state index is 12.2. The van der Waals surface area contributed by atoms with Crippen LogP contribution < -0.4 is 15.2 Å². The number of benzene rings is 2. The molecule has 0 bridgehead atoms. The summed E-state index contributed by atoms with van der Waals surface area (Å²) in [4.78, 5) is 18.0.